The number of benzene rings is 1. The Morgan fingerprint density at radius 3 is 2.79 bits per heavy atom. The number of hydrogen-bond acceptors (Lipinski definition) is 4. The lowest BCUT2D eigenvalue weighted by Crippen LogP contribution is -2.23. The summed E-state index contributed by atoms with van der Waals surface area (Å²) >= 11 is 0. The molecule has 3 rings (SSSR count). The van der Waals surface area contributed by atoms with Gasteiger partial charge >= 0.3 is 0 Å². The second-order valence-corrected chi connectivity index (χ2v) is 4.74. The van der Waals surface area contributed by atoms with Crippen molar-refractivity contribution in [1.29, 1.82) is 0 Å². The standard InChI is InChI=1S/C14H15N3O2/c1-10-7-8-13(19-10)14(18)12-9-15-16-17(12)11-5-3-2-4-6-11/h2-6,9-10,13H,7-8H2,1H3. The Hall–Kier alpha value is -2.01. The Bertz CT molecular complexity index is 579. The van der Waals surface area contributed by atoms with Crippen LogP contribution in [0, 0.1) is 0 Å². The molecule has 1 saturated heterocycles. The number of nitrogens with zero attached hydrogens (tertiary/aromatic N) is 3. The molecule has 19 heavy (non-hydrogen) atoms. The fraction of sp³-hybridized carbons (Fsp3) is 0.357. The SMILES string of the molecule is CC1CCC(C(=O)c2cnnn2-c2ccccc2)O1. The minimum absolute atomic E-state index is 0.0433. The maximum atomic E-state index is 12.4. The van der Waals surface area contributed by atoms with Crippen molar-refractivity contribution in [2.75, 3.05) is 0 Å². The van der Waals surface area contributed by atoms with Crippen molar-refractivity contribution in [3.05, 3.63) is 42.2 Å². The first-order chi connectivity index (χ1) is 9.25. The fourth-order valence-electron chi connectivity index (χ4n) is 2.32. The van der Waals surface area contributed by atoms with Crippen LogP contribution in [-0.4, -0.2) is 33.0 Å². The van der Waals surface area contributed by atoms with E-state index in [1.54, 1.807) is 4.68 Å². The van der Waals surface area contributed by atoms with E-state index in [9.17, 15) is 4.79 Å². The van der Waals surface area contributed by atoms with Gasteiger partial charge in [0.05, 0.1) is 18.0 Å². The van der Waals surface area contributed by atoms with Crippen LogP contribution < -0.4 is 0 Å². The second-order valence-electron chi connectivity index (χ2n) is 4.74. The molecule has 0 N–H and O–H groups in total. The van der Waals surface area contributed by atoms with Crippen molar-refractivity contribution < 1.29 is 9.53 Å². The van der Waals surface area contributed by atoms with Gasteiger partial charge in [-0.05, 0) is 31.9 Å². The number of rotatable bonds is 3. The van der Waals surface area contributed by atoms with E-state index in [-0.39, 0.29) is 18.0 Å². The molecule has 1 aliphatic rings. The van der Waals surface area contributed by atoms with E-state index in [1.807, 2.05) is 37.3 Å². The summed E-state index contributed by atoms with van der Waals surface area (Å²) in [4.78, 5) is 12.4. The van der Waals surface area contributed by atoms with Crippen LogP contribution in [0.4, 0.5) is 0 Å². The molecule has 0 saturated carbocycles. The number of ether oxygens (including phenoxy) is 1. The first-order valence-electron chi connectivity index (χ1n) is 6.41. The number of hydrogen-bond donors (Lipinski definition) is 0. The van der Waals surface area contributed by atoms with E-state index in [0.717, 1.165) is 18.5 Å². The second kappa shape index (κ2) is 4.93. The van der Waals surface area contributed by atoms with Gasteiger partial charge in [-0.2, -0.15) is 0 Å². The van der Waals surface area contributed by atoms with E-state index in [1.165, 1.54) is 6.20 Å². The number of ketones is 1. The molecular weight excluding hydrogens is 242 g/mol. The normalized spacial score (nSPS) is 22.6. The zero-order chi connectivity index (χ0) is 13.2. The van der Waals surface area contributed by atoms with E-state index >= 15 is 0 Å². The van der Waals surface area contributed by atoms with Crippen molar-refractivity contribution in [2.24, 2.45) is 0 Å². The number of carbonyl (C=O) groups is 1. The molecule has 0 bridgehead atoms. The molecule has 5 heteroatoms. The molecular formula is C14H15N3O2. The quantitative estimate of drug-likeness (QED) is 0.789. The summed E-state index contributed by atoms with van der Waals surface area (Å²) in [5.74, 6) is -0.0433. The lowest BCUT2D eigenvalue weighted by molar-refractivity contribution is 0.0427. The van der Waals surface area contributed by atoms with Gasteiger partial charge in [-0.15, -0.1) is 5.10 Å². The Morgan fingerprint density at radius 2 is 2.11 bits per heavy atom. The number of Topliss-reactive ketones (excluding diaryl/α,β-unsaturated/α-hetero) is 1. The molecule has 2 unspecified atom stereocenters. The van der Waals surface area contributed by atoms with E-state index < -0.39 is 0 Å². The van der Waals surface area contributed by atoms with Crippen LogP contribution in [-0.2, 0) is 4.74 Å². The third-order valence-electron chi connectivity index (χ3n) is 3.33. The van der Waals surface area contributed by atoms with Crippen molar-refractivity contribution >= 4 is 5.78 Å². The first kappa shape index (κ1) is 12.0. The third kappa shape index (κ3) is 2.29. The van der Waals surface area contributed by atoms with Gasteiger partial charge in [0, 0.05) is 0 Å². The van der Waals surface area contributed by atoms with Gasteiger partial charge in [0.2, 0.25) is 5.78 Å². The average Bonchev–Trinajstić information content (AvgIpc) is 3.07. The summed E-state index contributed by atoms with van der Waals surface area (Å²) in [5, 5.41) is 7.83. The van der Waals surface area contributed by atoms with Crippen molar-refractivity contribution in [3.63, 3.8) is 0 Å². The van der Waals surface area contributed by atoms with E-state index in [4.69, 9.17) is 4.74 Å². The van der Waals surface area contributed by atoms with E-state index in [2.05, 4.69) is 10.3 Å². The highest BCUT2D eigenvalue weighted by Crippen LogP contribution is 2.23. The summed E-state index contributed by atoms with van der Waals surface area (Å²) in [7, 11) is 0. The van der Waals surface area contributed by atoms with E-state index in [0.29, 0.717) is 5.69 Å². The lowest BCUT2D eigenvalue weighted by Gasteiger charge is -2.10. The molecule has 5 nitrogen and oxygen atoms in total. The monoisotopic (exact) mass is 257 g/mol. The highest BCUT2D eigenvalue weighted by atomic mass is 16.5. The predicted octanol–water partition coefficient (Wildman–Crippen LogP) is 2.02. The zero-order valence-electron chi connectivity index (χ0n) is 10.7. The van der Waals surface area contributed by atoms with Crippen LogP contribution >= 0.6 is 0 Å². The summed E-state index contributed by atoms with van der Waals surface area (Å²) < 4.78 is 7.18. The summed E-state index contributed by atoms with van der Waals surface area (Å²) in [5.41, 5.74) is 1.31. The largest absolute Gasteiger partial charge is 0.367 e. The first-order valence-corrected chi connectivity index (χ1v) is 6.41. The molecule has 1 aromatic carbocycles. The van der Waals surface area contributed by atoms with Gasteiger partial charge in [-0.1, -0.05) is 23.4 Å². The zero-order valence-corrected chi connectivity index (χ0v) is 10.7. The molecule has 2 aromatic rings. The molecule has 1 aliphatic heterocycles. The van der Waals surface area contributed by atoms with Gasteiger partial charge in [0.15, 0.2) is 0 Å². The van der Waals surface area contributed by atoms with Crippen molar-refractivity contribution in [3.8, 4) is 5.69 Å². The van der Waals surface area contributed by atoms with Crippen LogP contribution in [0.3, 0.4) is 0 Å². The fourth-order valence-corrected chi connectivity index (χ4v) is 2.32. The topological polar surface area (TPSA) is 57.0 Å². The Morgan fingerprint density at radius 1 is 1.32 bits per heavy atom. The summed E-state index contributed by atoms with van der Waals surface area (Å²) in [6.07, 6.45) is 2.97. The highest BCUT2D eigenvalue weighted by Gasteiger charge is 2.31. The smallest absolute Gasteiger partial charge is 0.211 e. The van der Waals surface area contributed by atoms with Crippen LogP contribution in [0.25, 0.3) is 5.69 Å². The number of carbonyl (C=O) groups excluding carboxylic acids is 1. The minimum Gasteiger partial charge on any atom is -0.367 e. The molecule has 0 radical (unpaired) electrons. The number of para-hydroxylation sites is 1. The van der Waals surface area contributed by atoms with Crippen LogP contribution in [0.2, 0.25) is 0 Å². The summed E-state index contributed by atoms with van der Waals surface area (Å²) in [6, 6.07) is 9.51. The molecule has 1 aromatic heterocycles. The molecule has 0 amide bonds. The molecule has 0 spiro atoms. The van der Waals surface area contributed by atoms with Gasteiger partial charge in [0.25, 0.3) is 0 Å². The lowest BCUT2D eigenvalue weighted by atomic mass is 10.1. The van der Waals surface area contributed by atoms with Crippen LogP contribution in [0.1, 0.15) is 30.3 Å². The minimum atomic E-state index is -0.365. The predicted molar refractivity (Wildman–Crippen MR) is 69.3 cm³/mol. The summed E-state index contributed by atoms with van der Waals surface area (Å²) in [6.45, 7) is 1.99. The Balaban J connectivity index is 1.90. The van der Waals surface area contributed by atoms with Gasteiger partial charge in [0.1, 0.15) is 11.8 Å². The number of aromatic nitrogens is 3. The van der Waals surface area contributed by atoms with Crippen molar-refractivity contribution in [1.82, 2.24) is 15.0 Å². The molecule has 1 fully saturated rings. The Kier molecular flexibility index (Phi) is 3.13. The van der Waals surface area contributed by atoms with Crippen LogP contribution in [0.5, 0.6) is 0 Å². The van der Waals surface area contributed by atoms with Crippen LogP contribution in [0.15, 0.2) is 36.5 Å². The van der Waals surface area contributed by atoms with Crippen molar-refractivity contribution in [2.45, 2.75) is 32.0 Å². The van der Waals surface area contributed by atoms with Gasteiger partial charge in [-0.3, -0.25) is 4.79 Å². The highest BCUT2D eigenvalue weighted by molar-refractivity contribution is 5.98. The molecule has 2 atom stereocenters. The molecule has 0 aliphatic carbocycles. The third-order valence-corrected chi connectivity index (χ3v) is 3.33. The maximum absolute atomic E-state index is 12.4. The maximum Gasteiger partial charge on any atom is 0.211 e. The molecule has 98 valence electrons. The molecule has 2 heterocycles. The average molecular weight is 257 g/mol. The Labute approximate surface area is 111 Å². The van der Waals surface area contributed by atoms with Gasteiger partial charge in [-0.25, -0.2) is 4.68 Å². The van der Waals surface area contributed by atoms with Gasteiger partial charge < -0.3 is 4.74 Å².